The van der Waals surface area contributed by atoms with Gasteiger partial charge in [0.1, 0.15) is 0 Å². The lowest BCUT2D eigenvalue weighted by Crippen LogP contribution is -2.39. The topological polar surface area (TPSA) is 66.0 Å². The number of morpholine rings is 1. The molecule has 2 aromatic carbocycles. The van der Waals surface area contributed by atoms with Gasteiger partial charge in [0.15, 0.2) is 0 Å². The molecule has 0 saturated carbocycles. The Morgan fingerprint density at radius 2 is 1.97 bits per heavy atom. The Hall–Kier alpha value is -2.41. The van der Waals surface area contributed by atoms with Crippen LogP contribution < -0.4 is 10.6 Å². The van der Waals surface area contributed by atoms with E-state index in [-0.39, 0.29) is 5.91 Å². The van der Waals surface area contributed by atoms with E-state index in [1.165, 1.54) is 0 Å². The number of ether oxygens (including phenoxy) is 1. The fourth-order valence-electron chi connectivity index (χ4n) is 3.06. The summed E-state index contributed by atoms with van der Waals surface area (Å²) in [5.41, 5.74) is 3.45. The minimum absolute atomic E-state index is 0.203. The van der Waals surface area contributed by atoms with Crippen LogP contribution in [0.4, 0.5) is 5.69 Å². The van der Waals surface area contributed by atoms with E-state index in [1.807, 2.05) is 50.2 Å². The van der Waals surface area contributed by atoms with Gasteiger partial charge in [-0.2, -0.15) is 0 Å². The zero-order valence-electron chi connectivity index (χ0n) is 16.9. The molecule has 0 bridgehead atoms. The lowest BCUT2D eigenvalue weighted by Gasteiger charge is -2.25. The van der Waals surface area contributed by atoms with Crippen molar-refractivity contribution in [3.63, 3.8) is 0 Å². The van der Waals surface area contributed by atoms with Gasteiger partial charge >= 0.3 is 0 Å². The second-order valence-corrected chi connectivity index (χ2v) is 7.53. The molecule has 0 radical (unpaired) electrons. The van der Waals surface area contributed by atoms with Gasteiger partial charge in [-0.3, -0.25) is 20.0 Å². The SMILES string of the molecule is Cc1cccc(C(=O)NC(=NCCN2CCOCC2)Nc2cc(Cl)ccc2C)c1. The fourth-order valence-corrected chi connectivity index (χ4v) is 3.23. The average Bonchev–Trinajstić information content (AvgIpc) is 2.71. The van der Waals surface area contributed by atoms with Crippen LogP contribution in [0.15, 0.2) is 47.5 Å². The first kappa shape index (κ1) is 21.3. The van der Waals surface area contributed by atoms with Crippen LogP contribution in [0.2, 0.25) is 5.02 Å². The maximum absolute atomic E-state index is 12.7. The Labute approximate surface area is 176 Å². The highest BCUT2D eigenvalue weighted by atomic mass is 35.5. The maximum Gasteiger partial charge on any atom is 0.257 e. The van der Waals surface area contributed by atoms with Crippen LogP contribution >= 0.6 is 11.6 Å². The third-order valence-corrected chi connectivity index (χ3v) is 4.99. The van der Waals surface area contributed by atoms with Gasteiger partial charge in [-0.05, 0) is 43.7 Å². The number of rotatable bonds is 5. The summed E-state index contributed by atoms with van der Waals surface area (Å²) >= 11 is 6.14. The van der Waals surface area contributed by atoms with Crippen molar-refractivity contribution in [1.29, 1.82) is 0 Å². The third-order valence-electron chi connectivity index (χ3n) is 4.75. The predicted octanol–water partition coefficient (Wildman–Crippen LogP) is 3.49. The van der Waals surface area contributed by atoms with Gasteiger partial charge in [0, 0.05) is 35.9 Å². The van der Waals surface area contributed by atoms with Crippen molar-refractivity contribution in [2.45, 2.75) is 13.8 Å². The number of nitrogens with one attached hydrogen (secondary N) is 2. The molecule has 154 valence electrons. The van der Waals surface area contributed by atoms with Gasteiger partial charge in [-0.25, -0.2) is 0 Å². The van der Waals surface area contributed by atoms with Crippen molar-refractivity contribution in [3.05, 3.63) is 64.2 Å². The molecule has 29 heavy (non-hydrogen) atoms. The highest BCUT2D eigenvalue weighted by molar-refractivity contribution is 6.31. The van der Waals surface area contributed by atoms with Gasteiger partial charge in [0.2, 0.25) is 5.96 Å². The van der Waals surface area contributed by atoms with Crippen molar-refractivity contribution in [2.24, 2.45) is 4.99 Å². The van der Waals surface area contributed by atoms with E-state index >= 15 is 0 Å². The Balaban J connectivity index is 1.73. The first-order valence-corrected chi connectivity index (χ1v) is 10.1. The summed E-state index contributed by atoms with van der Waals surface area (Å²) in [6.07, 6.45) is 0. The third kappa shape index (κ3) is 6.56. The number of benzene rings is 2. The predicted molar refractivity (Wildman–Crippen MR) is 118 cm³/mol. The largest absolute Gasteiger partial charge is 0.379 e. The van der Waals surface area contributed by atoms with Crippen LogP contribution in [-0.4, -0.2) is 56.2 Å². The molecule has 1 aliphatic rings. The Kier molecular flexibility index (Phi) is 7.63. The van der Waals surface area contributed by atoms with Crippen LogP contribution in [0.1, 0.15) is 21.5 Å². The van der Waals surface area contributed by atoms with E-state index in [9.17, 15) is 4.79 Å². The molecule has 1 aliphatic heterocycles. The second-order valence-electron chi connectivity index (χ2n) is 7.09. The van der Waals surface area contributed by atoms with Crippen LogP contribution in [0, 0.1) is 13.8 Å². The molecule has 6 nitrogen and oxygen atoms in total. The number of carbonyl (C=O) groups is 1. The van der Waals surface area contributed by atoms with E-state index in [4.69, 9.17) is 16.3 Å². The van der Waals surface area contributed by atoms with E-state index in [0.29, 0.717) is 23.1 Å². The number of nitrogens with zero attached hydrogens (tertiary/aromatic N) is 2. The molecule has 1 saturated heterocycles. The molecule has 0 spiro atoms. The number of hydrogen-bond donors (Lipinski definition) is 2. The summed E-state index contributed by atoms with van der Waals surface area (Å²) < 4.78 is 5.38. The van der Waals surface area contributed by atoms with Gasteiger partial charge in [-0.1, -0.05) is 35.4 Å². The molecule has 2 aromatic rings. The molecule has 3 rings (SSSR count). The summed E-state index contributed by atoms with van der Waals surface area (Å²) in [6.45, 7) is 8.62. The van der Waals surface area contributed by atoms with Crippen LogP contribution in [0.3, 0.4) is 0 Å². The monoisotopic (exact) mass is 414 g/mol. The molecule has 1 amide bonds. The van der Waals surface area contributed by atoms with Crippen molar-refractivity contribution in [3.8, 4) is 0 Å². The minimum Gasteiger partial charge on any atom is -0.379 e. The quantitative estimate of drug-likeness (QED) is 0.580. The number of anilines is 1. The standard InChI is InChI=1S/C22H27ClN4O2/c1-16-4-3-5-18(14-16)21(28)26-22(24-8-9-27-10-12-29-13-11-27)25-20-15-19(23)7-6-17(20)2/h3-7,14-15H,8-13H2,1-2H3,(H2,24,25,26,28). The van der Waals surface area contributed by atoms with Crippen LogP contribution in [0.5, 0.6) is 0 Å². The van der Waals surface area contributed by atoms with E-state index in [2.05, 4.69) is 20.5 Å². The van der Waals surface area contributed by atoms with Crippen molar-refractivity contribution >= 4 is 29.2 Å². The molecule has 0 atom stereocenters. The molecular weight excluding hydrogens is 388 g/mol. The number of amides is 1. The first-order chi connectivity index (χ1) is 14.0. The van der Waals surface area contributed by atoms with E-state index in [0.717, 1.165) is 49.7 Å². The molecule has 2 N–H and O–H groups in total. The highest BCUT2D eigenvalue weighted by Gasteiger charge is 2.12. The zero-order valence-corrected chi connectivity index (χ0v) is 17.6. The number of hydrogen-bond acceptors (Lipinski definition) is 4. The smallest absolute Gasteiger partial charge is 0.257 e. The second kappa shape index (κ2) is 10.4. The Bertz CT molecular complexity index is 879. The summed E-state index contributed by atoms with van der Waals surface area (Å²) in [7, 11) is 0. The molecule has 0 unspecified atom stereocenters. The molecule has 0 aromatic heterocycles. The average molecular weight is 415 g/mol. The Morgan fingerprint density at radius 1 is 1.17 bits per heavy atom. The molecule has 0 aliphatic carbocycles. The number of carbonyl (C=O) groups excluding carboxylic acids is 1. The summed E-state index contributed by atoms with van der Waals surface area (Å²) in [6, 6.07) is 13.1. The minimum atomic E-state index is -0.203. The van der Waals surface area contributed by atoms with Gasteiger partial charge in [0.05, 0.1) is 19.8 Å². The zero-order chi connectivity index (χ0) is 20.6. The number of halogens is 1. The lowest BCUT2D eigenvalue weighted by atomic mass is 10.1. The highest BCUT2D eigenvalue weighted by Crippen LogP contribution is 2.20. The number of aryl methyl sites for hydroxylation is 2. The van der Waals surface area contributed by atoms with Crippen molar-refractivity contribution in [2.75, 3.05) is 44.7 Å². The normalized spacial score (nSPS) is 15.2. The summed E-state index contributed by atoms with van der Waals surface area (Å²) in [4.78, 5) is 19.7. The number of guanidine groups is 1. The molecular formula is C22H27ClN4O2. The molecule has 7 heteroatoms. The van der Waals surface area contributed by atoms with E-state index < -0.39 is 0 Å². The first-order valence-electron chi connectivity index (χ1n) is 9.77. The van der Waals surface area contributed by atoms with Crippen LogP contribution in [-0.2, 0) is 4.74 Å². The van der Waals surface area contributed by atoms with Crippen molar-refractivity contribution in [1.82, 2.24) is 10.2 Å². The van der Waals surface area contributed by atoms with Gasteiger partial charge in [-0.15, -0.1) is 0 Å². The number of aliphatic imine (C=N–C) groups is 1. The molecule has 1 heterocycles. The summed E-state index contributed by atoms with van der Waals surface area (Å²) in [5.74, 6) is 0.209. The summed E-state index contributed by atoms with van der Waals surface area (Å²) in [5, 5.41) is 6.76. The van der Waals surface area contributed by atoms with Gasteiger partial charge < -0.3 is 10.1 Å². The maximum atomic E-state index is 12.7. The Morgan fingerprint density at radius 3 is 2.72 bits per heavy atom. The van der Waals surface area contributed by atoms with Gasteiger partial charge in [0.25, 0.3) is 5.91 Å². The fraction of sp³-hybridized carbons (Fsp3) is 0.364. The lowest BCUT2D eigenvalue weighted by molar-refractivity contribution is 0.0394. The van der Waals surface area contributed by atoms with Crippen LogP contribution in [0.25, 0.3) is 0 Å². The van der Waals surface area contributed by atoms with Crippen molar-refractivity contribution < 1.29 is 9.53 Å². The van der Waals surface area contributed by atoms with E-state index in [1.54, 1.807) is 6.07 Å². The molecule has 1 fully saturated rings.